The van der Waals surface area contributed by atoms with Crippen LogP contribution in [0.1, 0.15) is 13.3 Å². The SMILES string of the molecule is CCOc1ccccc1N1CCN(C(=O)CC2CNCCO2)CC1. The predicted octanol–water partition coefficient (Wildman–Crippen LogP) is 1.11. The van der Waals surface area contributed by atoms with E-state index in [1.54, 1.807) is 0 Å². The summed E-state index contributed by atoms with van der Waals surface area (Å²) in [6.07, 6.45) is 0.491. The van der Waals surface area contributed by atoms with E-state index in [0.29, 0.717) is 19.6 Å². The molecule has 3 rings (SSSR count). The van der Waals surface area contributed by atoms with Gasteiger partial charge >= 0.3 is 0 Å². The smallest absolute Gasteiger partial charge is 0.225 e. The highest BCUT2D eigenvalue weighted by atomic mass is 16.5. The molecule has 0 bridgehead atoms. The number of nitrogens with one attached hydrogen (secondary N) is 1. The summed E-state index contributed by atoms with van der Waals surface area (Å²) in [5.41, 5.74) is 1.12. The molecule has 0 aromatic heterocycles. The van der Waals surface area contributed by atoms with Gasteiger partial charge < -0.3 is 24.6 Å². The van der Waals surface area contributed by atoms with Gasteiger partial charge in [0.15, 0.2) is 0 Å². The number of anilines is 1. The van der Waals surface area contributed by atoms with Crippen LogP contribution in [0.25, 0.3) is 0 Å². The van der Waals surface area contributed by atoms with Gasteiger partial charge in [0.1, 0.15) is 5.75 Å². The van der Waals surface area contributed by atoms with Gasteiger partial charge in [-0.05, 0) is 19.1 Å². The molecule has 2 saturated heterocycles. The first kappa shape index (κ1) is 17.0. The Labute approximate surface area is 143 Å². The molecule has 132 valence electrons. The third-order valence-corrected chi connectivity index (χ3v) is 4.54. The summed E-state index contributed by atoms with van der Waals surface area (Å²) in [4.78, 5) is 16.7. The van der Waals surface area contributed by atoms with Gasteiger partial charge in [0.25, 0.3) is 0 Å². The van der Waals surface area contributed by atoms with Crippen LogP contribution < -0.4 is 15.0 Å². The normalized spacial score (nSPS) is 21.6. The molecule has 1 aromatic rings. The van der Waals surface area contributed by atoms with Crippen LogP contribution in [0.3, 0.4) is 0 Å². The third-order valence-electron chi connectivity index (χ3n) is 4.54. The first-order chi connectivity index (χ1) is 11.8. The van der Waals surface area contributed by atoms with Gasteiger partial charge in [-0.25, -0.2) is 0 Å². The van der Waals surface area contributed by atoms with E-state index < -0.39 is 0 Å². The van der Waals surface area contributed by atoms with Gasteiger partial charge in [0.05, 0.1) is 31.4 Å². The van der Waals surface area contributed by atoms with Gasteiger partial charge in [-0.15, -0.1) is 0 Å². The van der Waals surface area contributed by atoms with Crippen molar-refractivity contribution in [3.63, 3.8) is 0 Å². The number of benzene rings is 1. The number of para-hydroxylation sites is 2. The highest BCUT2D eigenvalue weighted by Crippen LogP contribution is 2.28. The van der Waals surface area contributed by atoms with Crippen LogP contribution in [0, 0.1) is 0 Å². The van der Waals surface area contributed by atoms with Crippen LogP contribution in [-0.2, 0) is 9.53 Å². The van der Waals surface area contributed by atoms with Crippen molar-refractivity contribution in [1.29, 1.82) is 0 Å². The summed E-state index contributed by atoms with van der Waals surface area (Å²) in [6.45, 7) is 8.16. The molecule has 24 heavy (non-hydrogen) atoms. The molecule has 6 nitrogen and oxygen atoms in total. The highest BCUT2D eigenvalue weighted by molar-refractivity contribution is 5.77. The lowest BCUT2D eigenvalue weighted by atomic mass is 10.1. The van der Waals surface area contributed by atoms with Crippen molar-refractivity contribution in [3.05, 3.63) is 24.3 Å². The summed E-state index contributed by atoms with van der Waals surface area (Å²) in [7, 11) is 0. The second-order valence-electron chi connectivity index (χ2n) is 6.17. The molecule has 1 unspecified atom stereocenters. The Morgan fingerprint density at radius 3 is 2.79 bits per heavy atom. The largest absolute Gasteiger partial charge is 0.492 e. The van der Waals surface area contributed by atoms with Crippen molar-refractivity contribution in [3.8, 4) is 5.75 Å². The third kappa shape index (κ3) is 4.19. The first-order valence-electron chi connectivity index (χ1n) is 8.85. The van der Waals surface area contributed by atoms with Gasteiger partial charge in [-0.3, -0.25) is 4.79 Å². The molecule has 0 saturated carbocycles. The minimum Gasteiger partial charge on any atom is -0.492 e. The van der Waals surface area contributed by atoms with E-state index in [1.807, 2.05) is 30.0 Å². The highest BCUT2D eigenvalue weighted by Gasteiger charge is 2.25. The lowest BCUT2D eigenvalue weighted by molar-refractivity contribution is -0.135. The van der Waals surface area contributed by atoms with Crippen LogP contribution in [0.2, 0.25) is 0 Å². The fourth-order valence-corrected chi connectivity index (χ4v) is 3.27. The van der Waals surface area contributed by atoms with E-state index >= 15 is 0 Å². The maximum absolute atomic E-state index is 12.5. The summed E-state index contributed by atoms with van der Waals surface area (Å²) in [6, 6.07) is 8.11. The number of nitrogens with zero attached hydrogens (tertiary/aromatic N) is 2. The standard InChI is InChI=1S/C18H27N3O3/c1-2-23-17-6-4-3-5-16(17)20-8-10-21(11-9-20)18(22)13-15-14-19-7-12-24-15/h3-6,15,19H,2,7-14H2,1H3. The number of carbonyl (C=O) groups excluding carboxylic acids is 1. The predicted molar refractivity (Wildman–Crippen MR) is 93.6 cm³/mol. The number of rotatable bonds is 5. The van der Waals surface area contributed by atoms with Gasteiger partial charge in [0, 0.05) is 39.3 Å². The van der Waals surface area contributed by atoms with Gasteiger partial charge in [-0.2, -0.15) is 0 Å². The molecule has 2 aliphatic heterocycles. The zero-order chi connectivity index (χ0) is 16.8. The van der Waals surface area contributed by atoms with Crippen molar-refractivity contribution in [2.45, 2.75) is 19.4 Å². The molecule has 1 N–H and O–H groups in total. The number of carbonyl (C=O) groups is 1. The molecule has 2 fully saturated rings. The number of amides is 1. The molecular formula is C18H27N3O3. The summed E-state index contributed by atoms with van der Waals surface area (Å²) in [5.74, 6) is 1.11. The van der Waals surface area contributed by atoms with Crippen LogP contribution in [0.4, 0.5) is 5.69 Å². The molecule has 1 atom stereocenters. The summed E-state index contributed by atoms with van der Waals surface area (Å²) < 4.78 is 11.4. The molecule has 0 aliphatic carbocycles. The minimum atomic E-state index is 0.0166. The molecule has 1 amide bonds. The van der Waals surface area contributed by atoms with Crippen molar-refractivity contribution >= 4 is 11.6 Å². The molecule has 2 heterocycles. The van der Waals surface area contributed by atoms with Crippen LogP contribution in [0.5, 0.6) is 5.75 Å². The second-order valence-corrected chi connectivity index (χ2v) is 6.17. The first-order valence-corrected chi connectivity index (χ1v) is 8.85. The minimum absolute atomic E-state index is 0.0166. The monoisotopic (exact) mass is 333 g/mol. The average Bonchev–Trinajstić information content (AvgIpc) is 2.63. The maximum Gasteiger partial charge on any atom is 0.225 e. The molecule has 1 aromatic carbocycles. The van der Waals surface area contributed by atoms with Crippen molar-refractivity contribution in [2.75, 3.05) is 57.4 Å². The lowest BCUT2D eigenvalue weighted by Crippen LogP contribution is -2.50. The molecule has 0 spiro atoms. The number of morpholine rings is 1. The molecule has 6 heteroatoms. The van der Waals surface area contributed by atoms with E-state index in [0.717, 1.165) is 50.7 Å². The number of hydrogen-bond acceptors (Lipinski definition) is 5. The summed E-state index contributed by atoms with van der Waals surface area (Å²) in [5, 5.41) is 3.27. The van der Waals surface area contributed by atoms with Gasteiger partial charge in [-0.1, -0.05) is 12.1 Å². The molecular weight excluding hydrogens is 306 g/mol. The van der Waals surface area contributed by atoms with Gasteiger partial charge in [0.2, 0.25) is 5.91 Å². The Hall–Kier alpha value is -1.79. The topological polar surface area (TPSA) is 54.0 Å². The Morgan fingerprint density at radius 2 is 2.08 bits per heavy atom. The van der Waals surface area contributed by atoms with Crippen molar-refractivity contribution in [1.82, 2.24) is 10.2 Å². The van der Waals surface area contributed by atoms with Crippen molar-refractivity contribution in [2.24, 2.45) is 0 Å². The second kappa shape index (κ2) is 8.35. The Balaban J connectivity index is 1.53. The van der Waals surface area contributed by atoms with E-state index in [2.05, 4.69) is 16.3 Å². The van der Waals surface area contributed by atoms with E-state index in [4.69, 9.17) is 9.47 Å². The quantitative estimate of drug-likeness (QED) is 0.875. The van der Waals surface area contributed by atoms with E-state index in [-0.39, 0.29) is 12.0 Å². The van der Waals surface area contributed by atoms with E-state index in [9.17, 15) is 4.79 Å². The number of hydrogen-bond donors (Lipinski definition) is 1. The Morgan fingerprint density at radius 1 is 1.29 bits per heavy atom. The Bertz CT molecular complexity index is 538. The summed E-state index contributed by atoms with van der Waals surface area (Å²) >= 11 is 0. The fraction of sp³-hybridized carbons (Fsp3) is 0.611. The maximum atomic E-state index is 12.5. The zero-order valence-corrected chi connectivity index (χ0v) is 14.4. The lowest BCUT2D eigenvalue weighted by Gasteiger charge is -2.37. The van der Waals surface area contributed by atoms with Crippen molar-refractivity contribution < 1.29 is 14.3 Å². The average molecular weight is 333 g/mol. The van der Waals surface area contributed by atoms with Crippen LogP contribution in [-0.4, -0.2) is 69.4 Å². The number of ether oxygens (including phenoxy) is 2. The molecule has 0 radical (unpaired) electrons. The van der Waals surface area contributed by atoms with E-state index in [1.165, 1.54) is 0 Å². The number of piperazine rings is 1. The fourth-order valence-electron chi connectivity index (χ4n) is 3.27. The van der Waals surface area contributed by atoms with Crippen LogP contribution >= 0.6 is 0 Å². The zero-order valence-electron chi connectivity index (χ0n) is 14.4. The Kier molecular flexibility index (Phi) is 5.93. The van der Waals surface area contributed by atoms with Crippen LogP contribution in [0.15, 0.2) is 24.3 Å². The molecule has 2 aliphatic rings.